The monoisotopic (exact) mass is 406 g/mol. The molecule has 0 saturated heterocycles. The molecule has 0 radical (unpaired) electrons. The van der Waals surface area contributed by atoms with Crippen LogP contribution in [0.3, 0.4) is 0 Å². The molecule has 0 saturated carbocycles. The molecule has 2 aliphatic rings. The molecule has 0 bridgehead atoms. The number of esters is 1. The highest BCUT2D eigenvalue weighted by Crippen LogP contribution is 2.25. The van der Waals surface area contributed by atoms with Crippen molar-refractivity contribution in [1.82, 2.24) is 9.80 Å². The summed E-state index contributed by atoms with van der Waals surface area (Å²) in [7, 11) is 0. The summed E-state index contributed by atoms with van der Waals surface area (Å²) in [5.74, 6) is -2.16. The molecule has 2 atom stereocenters. The third-order valence-corrected chi connectivity index (χ3v) is 5.64. The molecular weight excluding hydrogens is 384 g/mol. The molecule has 0 N–H and O–H groups in total. The Kier molecular flexibility index (Phi) is 5.11. The first-order valence-corrected chi connectivity index (χ1v) is 9.91. The Morgan fingerprint density at radius 3 is 2.10 bits per heavy atom. The van der Waals surface area contributed by atoms with Crippen molar-refractivity contribution in [2.45, 2.75) is 39.0 Å². The molecule has 154 valence electrons. The van der Waals surface area contributed by atoms with Crippen molar-refractivity contribution in [3.63, 3.8) is 0 Å². The van der Waals surface area contributed by atoms with Crippen molar-refractivity contribution in [1.29, 1.82) is 0 Å². The van der Waals surface area contributed by atoms with Crippen LogP contribution in [-0.2, 0) is 27.3 Å². The van der Waals surface area contributed by atoms with Crippen molar-refractivity contribution < 1.29 is 23.9 Å². The minimum Gasteiger partial charge on any atom is -0.451 e. The topological polar surface area (TPSA) is 84.0 Å². The number of benzene rings is 2. The van der Waals surface area contributed by atoms with Crippen LogP contribution >= 0.6 is 0 Å². The molecule has 2 aliphatic heterocycles. The summed E-state index contributed by atoms with van der Waals surface area (Å²) in [6.45, 7) is 3.95. The van der Waals surface area contributed by atoms with E-state index in [-0.39, 0.29) is 17.0 Å². The quantitative estimate of drug-likeness (QED) is 0.574. The summed E-state index contributed by atoms with van der Waals surface area (Å²) in [4.78, 5) is 53.1. The van der Waals surface area contributed by atoms with E-state index in [9.17, 15) is 19.2 Å². The van der Waals surface area contributed by atoms with E-state index < -0.39 is 29.9 Å². The van der Waals surface area contributed by atoms with Gasteiger partial charge in [0.15, 0.2) is 6.10 Å². The smallest absolute Gasteiger partial charge is 0.329 e. The van der Waals surface area contributed by atoms with Crippen molar-refractivity contribution in [3.05, 3.63) is 70.8 Å². The van der Waals surface area contributed by atoms with Gasteiger partial charge in [-0.25, -0.2) is 4.79 Å². The van der Waals surface area contributed by atoms with E-state index in [1.165, 1.54) is 19.4 Å². The number of fused-ring (bicyclic) bond motifs is 2. The van der Waals surface area contributed by atoms with Crippen LogP contribution in [0.2, 0.25) is 0 Å². The van der Waals surface area contributed by atoms with Gasteiger partial charge in [0.25, 0.3) is 17.7 Å². The molecule has 30 heavy (non-hydrogen) atoms. The number of carbonyl (C=O) groups excluding carboxylic acids is 4. The summed E-state index contributed by atoms with van der Waals surface area (Å²) in [6.07, 6.45) is -0.269. The van der Waals surface area contributed by atoms with Crippen LogP contribution in [0.25, 0.3) is 0 Å². The normalized spacial score (nSPS) is 17.3. The molecule has 2 heterocycles. The van der Waals surface area contributed by atoms with E-state index in [4.69, 9.17) is 4.74 Å². The molecule has 0 unspecified atom stereocenters. The van der Waals surface area contributed by atoms with Crippen LogP contribution in [-0.4, -0.2) is 52.2 Å². The maximum Gasteiger partial charge on any atom is 0.329 e. The standard InChI is InChI=1S/C23H22N2O5/c1-14(25-21(27)18-9-5-6-10-19(18)22(25)28)23(29)30-15(2)20(26)24-12-11-16-7-3-4-8-17(16)13-24/h3-10,14-15H,11-13H2,1-2H3/t14-,15-/m1/s1. The molecule has 7 heteroatoms. The summed E-state index contributed by atoms with van der Waals surface area (Å²) >= 11 is 0. The molecule has 2 aromatic carbocycles. The number of nitrogens with zero attached hydrogens (tertiary/aromatic N) is 2. The van der Waals surface area contributed by atoms with Gasteiger partial charge in [0.05, 0.1) is 11.1 Å². The minimum absolute atomic E-state index is 0.262. The van der Waals surface area contributed by atoms with Crippen LogP contribution < -0.4 is 0 Å². The first kappa shape index (κ1) is 19.8. The molecular formula is C23H22N2O5. The van der Waals surface area contributed by atoms with Crippen molar-refractivity contribution >= 4 is 23.7 Å². The van der Waals surface area contributed by atoms with E-state index in [0.717, 1.165) is 16.9 Å². The first-order chi connectivity index (χ1) is 14.4. The highest BCUT2D eigenvalue weighted by molar-refractivity contribution is 6.22. The highest BCUT2D eigenvalue weighted by atomic mass is 16.5. The van der Waals surface area contributed by atoms with E-state index in [1.54, 1.807) is 29.2 Å². The zero-order valence-corrected chi connectivity index (χ0v) is 16.8. The van der Waals surface area contributed by atoms with Gasteiger partial charge in [-0.3, -0.25) is 19.3 Å². The lowest BCUT2D eigenvalue weighted by Gasteiger charge is -2.31. The fraction of sp³-hybridized carbons (Fsp3) is 0.304. The number of ether oxygens (including phenoxy) is 1. The largest absolute Gasteiger partial charge is 0.451 e. The molecule has 0 aromatic heterocycles. The summed E-state index contributed by atoms with van der Waals surface area (Å²) in [5, 5.41) is 0. The lowest BCUT2D eigenvalue weighted by molar-refractivity contribution is -0.162. The van der Waals surface area contributed by atoms with Gasteiger partial charge in [0, 0.05) is 13.1 Å². The Morgan fingerprint density at radius 2 is 1.47 bits per heavy atom. The van der Waals surface area contributed by atoms with Gasteiger partial charge in [0.1, 0.15) is 6.04 Å². The van der Waals surface area contributed by atoms with E-state index >= 15 is 0 Å². The zero-order valence-electron chi connectivity index (χ0n) is 16.8. The number of hydrogen-bond acceptors (Lipinski definition) is 5. The lowest BCUT2D eigenvalue weighted by Crippen LogP contribution is -2.47. The second kappa shape index (κ2) is 7.74. The van der Waals surface area contributed by atoms with Crippen molar-refractivity contribution in [2.75, 3.05) is 6.54 Å². The van der Waals surface area contributed by atoms with Gasteiger partial charge in [-0.15, -0.1) is 0 Å². The maximum atomic E-state index is 12.8. The molecule has 0 spiro atoms. The molecule has 0 fully saturated rings. The third-order valence-electron chi connectivity index (χ3n) is 5.64. The van der Waals surface area contributed by atoms with E-state index in [0.29, 0.717) is 13.1 Å². The second-order valence-electron chi connectivity index (χ2n) is 7.56. The highest BCUT2D eigenvalue weighted by Gasteiger charge is 2.42. The molecule has 3 amide bonds. The molecule has 7 nitrogen and oxygen atoms in total. The number of rotatable bonds is 4. The Morgan fingerprint density at radius 1 is 0.900 bits per heavy atom. The first-order valence-electron chi connectivity index (χ1n) is 9.91. The predicted molar refractivity (Wildman–Crippen MR) is 108 cm³/mol. The van der Waals surface area contributed by atoms with Gasteiger partial charge in [-0.1, -0.05) is 36.4 Å². The van der Waals surface area contributed by atoms with Crippen LogP contribution in [0.15, 0.2) is 48.5 Å². The predicted octanol–water partition coefficient (Wildman–Crippen LogP) is 2.19. The van der Waals surface area contributed by atoms with Gasteiger partial charge in [0.2, 0.25) is 0 Å². The second-order valence-corrected chi connectivity index (χ2v) is 7.56. The Labute approximate surface area is 174 Å². The van der Waals surface area contributed by atoms with Crippen LogP contribution in [0, 0.1) is 0 Å². The van der Waals surface area contributed by atoms with E-state index in [2.05, 4.69) is 0 Å². The van der Waals surface area contributed by atoms with Crippen LogP contribution in [0.1, 0.15) is 45.7 Å². The lowest BCUT2D eigenvalue weighted by atomic mass is 9.99. The number of amides is 3. The van der Waals surface area contributed by atoms with Crippen LogP contribution in [0.4, 0.5) is 0 Å². The molecule has 0 aliphatic carbocycles. The summed E-state index contributed by atoms with van der Waals surface area (Å²) in [6, 6.07) is 13.2. The van der Waals surface area contributed by atoms with Crippen molar-refractivity contribution in [3.8, 4) is 0 Å². The summed E-state index contributed by atoms with van der Waals surface area (Å²) in [5.41, 5.74) is 2.82. The summed E-state index contributed by atoms with van der Waals surface area (Å²) < 4.78 is 5.35. The Balaban J connectivity index is 1.41. The SMILES string of the molecule is C[C@H](C(=O)O[C@H](C)C(=O)N1CCc2ccccc2C1)N1C(=O)c2ccccc2C1=O. The Hall–Kier alpha value is -3.48. The maximum absolute atomic E-state index is 12.8. The fourth-order valence-corrected chi connectivity index (χ4v) is 3.93. The van der Waals surface area contributed by atoms with Crippen molar-refractivity contribution in [2.24, 2.45) is 0 Å². The van der Waals surface area contributed by atoms with Gasteiger partial charge < -0.3 is 9.64 Å². The molecule has 2 aromatic rings. The zero-order chi connectivity index (χ0) is 21.4. The average molecular weight is 406 g/mol. The Bertz CT molecular complexity index is 1010. The van der Waals surface area contributed by atoms with Crippen LogP contribution in [0.5, 0.6) is 0 Å². The van der Waals surface area contributed by atoms with E-state index in [1.807, 2.05) is 24.3 Å². The fourth-order valence-electron chi connectivity index (χ4n) is 3.93. The number of hydrogen-bond donors (Lipinski definition) is 0. The van der Waals surface area contributed by atoms with Gasteiger partial charge in [-0.2, -0.15) is 0 Å². The minimum atomic E-state index is -1.13. The van der Waals surface area contributed by atoms with Gasteiger partial charge >= 0.3 is 5.97 Å². The molecule has 4 rings (SSSR count). The third kappa shape index (κ3) is 3.36. The number of imide groups is 1. The number of carbonyl (C=O) groups is 4. The van der Waals surface area contributed by atoms with Gasteiger partial charge in [-0.05, 0) is 43.5 Å². The average Bonchev–Trinajstić information content (AvgIpc) is 3.02.